The Bertz CT molecular complexity index is 542. The minimum absolute atomic E-state index is 0.0666. The maximum atomic E-state index is 12.6. The number of carbonyl (C=O) groups is 2. The number of carbonyl (C=O) groups excluding carboxylic acids is 2. The Morgan fingerprint density at radius 1 is 1.04 bits per heavy atom. The van der Waals surface area contributed by atoms with E-state index in [1.165, 1.54) is 4.90 Å². The van der Waals surface area contributed by atoms with Gasteiger partial charge in [-0.25, -0.2) is 0 Å². The number of benzene rings is 1. The molecule has 1 aliphatic rings. The average Bonchev–Trinajstić information content (AvgIpc) is 2.79. The third-order valence-electron chi connectivity index (χ3n) is 3.91. The number of amides is 2. The van der Waals surface area contributed by atoms with Crippen LogP contribution < -0.4 is 0 Å². The highest BCUT2D eigenvalue weighted by atomic mass is 32.2. The van der Waals surface area contributed by atoms with Gasteiger partial charge in [0.15, 0.2) is 0 Å². The van der Waals surface area contributed by atoms with Crippen LogP contribution in [0.2, 0.25) is 0 Å². The van der Waals surface area contributed by atoms with Crippen molar-refractivity contribution in [3.8, 4) is 0 Å². The van der Waals surface area contributed by atoms with E-state index >= 15 is 0 Å². The lowest BCUT2D eigenvalue weighted by molar-refractivity contribution is -0.130. The molecule has 2 amide bonds. The van der Waals surface area contributed by atoms with Crippen molar-refractivity contribution in [2.45, 2.75) is 43.8 Å². The largest absolute Gasteiger partial charge is 0.341 e. The van der Waals surface area contributed by atoms with Crippen molar-refractivity contribution in [1.82, 2.24) is 9.80 Å². The van der Waals surface area contributed by atoms with Crippen molar-refractivity contribution in [2.24, 2.45) is 0 Å². The van der Waals surface area contributed by atoms with Crippen molar-refractivity contribution < 1.29 is 9.59 Å². The van der Waals surface area contributed by atoms with Crippen LogP contribution in [-0.4, -0.2) is 53.0 Å². The van der Waals surface area contributed by atoms with Crippen LogP contribution >= 0.6 is 11.8 Å². The smallest absolute Gasteiger partial charge is 0.253 e. The van der Waals surface area contributed by atoms with Gasteiger partial charge in [-0.3, -0.25) is 9.59 Å². The SMILES string of the molecule is CCC(=O)N1CCCN(C(=O)c2ccc(SC(C)C)cc2)CC1. The summed E-state index contributed by atoms with van der Waals surface area (Å²) >= 11 is 1.79. The first-order valence-corrected chi connectivity index (χ1v) is 9.23. The molecule has 126 valence electrons. The lowest BCUT2D eigenvalue weighted by Crippen LogP contribution is -2.37. The van der Waals surface area contributed by atoms with E-state index in [2.05, 4.69) is 13.8 Å². The third kappa shape index (κ3) is 4.99. The van der Waals surface area contributed by atoms with Crippen molar-refractivity contribution in [2.75, 3.05) is 26.2 Å². The lowest BCUT2D eigenvalue weighted by Gasteiger charge is -2.22. The lowest BCUT2D eigenvalue weighted by atomic mass is 10.2. The molecule has 1 aromatic rings. The van der Waals surface area contributed by atoms with Gasteiger partial charge in [0.2, 0.25) is 5.91 Å². The van der Waals surface area contributed by atoms with Crippen LogP contribution in [0.5, 0.6) is 0 Å². The molecule has 5 heteroatoms. The second-order valence-corrected chi connectivity index (χ2v) is 7.72. The zero-order chi connectivity index (χ0) is 16.8. The standard InChI is InChI=1S/C18H26N2O2S/c1-4-17(21)19-10-5-11-20(13-12-19)18(22)15-6-8-16(9-7-15)23-14(2)3/h6-9,14H,4-5,10-13H2,1-3H3. The van der Waals surface area contributed by atoms with E-state index in [0.717, 1.165) is 25.1 Å². The molecule has 1 fully saturated rings. The number of rotatable bonds is 4. The quantitative estimate of drug-likeness (QED) is 0.794. The summed E-state index contributed by atoms with van der Waals surface area (Å²) in [4.78, 5) is 29.4. The monoisotopic (exact) mass is 334 g/mol. The molecule has 0 atom stereocenters. The Balaban J connectivity index is 1.98. The molecule has 1 saturated heterocycles. The number of thioether (sulfide) groups is 1. The van der Waals surface area contributed by atoms with Crippen LogP contribution in [0.4, 0.5) is 0 Å². The fourth-order valence-electron chi connectivity index (χ4n) is 2.72. The number of nitrogens with zero attached hydrogens (tertiary/aromatic N) is 2. The highest BCUT2D eigenvalue weighted by molar-refractivity contribution is 7.99. The predicted octanol–water partition coefficient (Wildman–Crippen LogP) is 3.27. The highest BCUT2D eigenvalue weighted by Crippen LogP contribution is 2.23. The molecule has 0 N–H and O–H groups in total. The fraction of sp³-hybridized carbons (Fsp3) is 0.556. The van der Waals surface area contributed by atoms with E-state index in [-0.39, 0.29) is 11.8 Å². The van der Waals surface area contributed by atoms with Gasteiger partial charge in [-0.15, -0.1) is 11.8 Å². The van der Waals surface area contributed by atoms with E-state index in [1.54, 1.807) is 11.8 Å². The first-order valence-electron chi connectivity index (χ1n) is 8.35. The third-order valence-corrected chi connectivity index (χ3v) is 4.93. The normalized spacial score (nSPS) is 15.7. The summed E-state index contributed by atoms with van der Waals surface area (Å²) in [6, 6.07) is 7.85. The maximum Gasteiger partial charge on any atom is 0.253 e. The van der Waals surface area contributed by atoms with Crippen molar-refractivity contribution in [3.63, 3.8) is 0 Å². The van der Waals surface area contributed by atoms with Gasteiger partial charge < -0.3 is 9.80 Å². The van der Waals surface area contributed by atoms with Gasteiger partial charge in [0.1, 0.15) is 0 Å². The van der Waals surface area contributed by atoms with Crippen LogP contribution in [0.25, 0.3) is 0 Å². The van der Waals surface area contributed by atoms with Crippen molar-refractivity contribution >= 4 is 23.6 Å². The molecule has 1 heterocycles. The molecule has 0 aliphatic carbocycles. The fourth-order valence-corrected chi connectivity index (χ4v) is 3.56. The van der Waals surface area contributed by atoms with Gasteiger partial charge in [-0.1, -0.05) is 20.8 Å². The molecule has 23 heavy (non-hydrogen) atoms. The molecule has 0 radical (unpaired) electrons. The summed E-state index contributed by atoms with van der Waals surface area (Å²) < 4.78 is 0. The summed E-state index contributed by atoms with van der Waals surface area (Å²) in [6.07, 6.45) is 1.38. The zero-order valence-electron chi connectivity index (χ0n) is 14.2. The summed E-state index contributed by atoms with van der Waals surface area (Å²) in [5.74, 6) is 0.242. The van der Waals surface area contributed by atoms with Crippen LogP contribution in [0.15, 0.2) is 29.2 Å². The topological polar surface area (TPSA) is 40.6 Å². The minimum Gasteiger partial charge on any atom is -0.341 e. The Morgan fingerprint density at radius 2 is 1.65 bits per heavy atom. The molecule has 0 unspecified atom stereocenters. The first-order chi connectivity index (χ1) is 11.0. The number of hydrogen-bond acceptors (Lipinski definition) is 3. The van der Waals surface area contributed by atoms with Crippen LogP contribution in [0, 0.1) is 0 Å². The molecule has 0 aromatic heterocycles. The van der Waals surface area contributed by atoms with E-state index in [1.807, 2.05) is 41.0 Å². The second kappa shape index (κ2) is 8.39. The number of hydrogen-bond donors (Lipinski definition) is 0. The van der Waals surface area contributed by atoms with Crippen molar-refractivity contribution in [1.29, 1.82) is 0 Å². The molecular weight excluding hydrogens is 308 g/mol. The van der Waals surface area contributed by atoms with E-state index < -0.39 is 0 Å². The molecule has 0 saturated carbocycles. The van der Waals surface area contributed by atoms with Crippen LogP contribution in [0.3, 0.4) is 0 Å². The highest BCUT2D eigenvalue weighted by Gasteiger charge is 2.22. The van der Waals surface area contributed by atoms with Crippen LogP contribution in [0.1, 0.15) is 44.0 Å². The molecule has 0 spiro atoms. The molecule has 1 aliphatic heterocycles. The Labute approximate surface area is 143 Å². The van der Waals surface area contributed by atoms with E-state index in [0.29, 0.717) is 24.8 Å². The molecular formula is C18H26N2O2S. The van der Waals surface area contributed by atoms with Gasteiger partial charge >= 0.3 is 0 Å². The zero-order valence-corrected chi connectivity index (χ0v) is 15.1. The second-order valence-electron chi connectivity index (χ2n) is 6.07. The van der Waals surface area contributed by atoms with Gasteiger partial charge in [-0.2, -0.15) is 0 Å². The van der Waals surface area contributed by atoms with Gasteiger partial charge in [0.25, 0.3) is 5.91 Å². The molecule has 0 bridgehead atoms. The maximum absolute atomic E-state index is 12.6. The minimum atomic E-state index is 0.0666. The molecule has 2 rings (SSSR count). The Hall–Kier alpha value is -1.49. The van der Waals surface area contributed by atoms with Gasteiger partial charge in [0.05, 0.1) is 0 Å². The Kier molecular flexibility index (Phi) is 6.51. The van der Waals surface area contributed by atoms with E-state index in [4.69, 9.17) is 0 Å². The van der Waals surface area contributed by atoms with Crippen LogP contribution in [-0.2, 0) is 4.79 Å². The summed E-state index contributed by atoms with van der Waals surface area (Å²) in [5.41, 5.74) is 0.730. The summed E-state index contributed by atoms with van der Waals surface area (Å²) in [6.45, 7) is 8.92. The van der Waals surface area contributed by atoms with E-state index in [9.17, 15) is 9.59 Å². The Morgan fingerprint density at radius 3 is 2.26 bits per heavy atom. The first kappa shape index (κ1) is 17.9. The molecule has 4 nitrogen and oxygen atoms in total. The summed E-state index contributed by atoms with van der Waals surface area (Å²) in [5, 5.41) is 0.532. The van der Waals surface area contributed by atoms with Gasteiger partial charge in [-0.05, 0) is 30.7 Å². The average molecular weight is 334 g/mol. The summed E-state index contributed by atoms with van der Waals surface area (Å²) in [7, 11) is 0. The molecule has 1 aromatic carbocycles. The van der Waals surface area contributed by atoms with Crippen molar-refractivity contribution in [3.05, 3.63) is 29.8 Å². The van der Waals surface area contributed by atoms with Gasteiger partial charge in [0, 0.05) is 48.3 Å². The predicted molar refractivity (Wildman–Crippen MR) is 94.8 cm³/mol.